The van der Waals surface area contributed by atoms with Gasteiger partial charge in [-0.15, -0.1) is 0 Å². The molecule has 4 rings (SSSR count). The fourth-order valence-electron chi connectivity index (χ4n) is 2.69. The number of amides is 1. The van der Waals surface area contributed by atoms with Crippen LogP contribution < -0.4 is 0 Å². The van der Waals surface area contributed by atoms with E-state index in [1.54, 1.807) is 24.3 Å². The average molecular weight is 382 g/mol. The maximum absolute atomic E-state index is 13.1. The van der Waals surface area contributed by atoms with Crippen molar-refractivity contribution in [2.75, 3.05) is 0 Å². The molecular weight excluding hydrogens is 367 g/mol. The van der Waals surface area contributed by atoms with E-state index in [1.807, 2.05) is 6.92 Å². The molecule has 0 saturated heterocycles. The van der Waals surface area contributed by atoms with Crippen LogP contribution in [0.5, 0.6) is 0 Å². The highest BCUT2D eigenvalue weighted by Gasteiger charge is 2.35. The van der Waals surface area contributed by atoms with Crippen LogP contribution in [-0.2, 0) is 4.79 Å². The molecule has 0 bridgehead atoms. The van der Waals surface area contributed by atoms with Crippen LogP contribution in [0.15, 0.2) is 56.5 Å². The molecule has 1 aromatic carbocycles. The summed E-state index contributed by atoms with van der Waals surface area (Å²) in [6.07, 6.45) is 3.19. The number of fused-ring (bicyclic) bond motifs is 1. The SMILES string of the molecule is CCCC1=NN2C(=N)/C(=C/c3ccc(-c4ccc(F)cc4)o3)C(=O)N=C2S1. The van der Waals surface area contributed by atoms with E-state index in [0.717, 1.165) is 23.4 Å². The van der Waals surface area contributed by atoms with Gasteiger partial charge in [0.05, 0.1) is 5.57 Å². The number of hydrazone groups is 1. The van der Waals surface area contributed by atoms with Gasteiger partial charge in [-0.05, 0) is 67.1 Å². The van der Waals surface area contributed by atoms with Crippen LogP contribution in [0.2, 0.25) is 0 Å². The second-order valence-electron chi connectivity index (χ2n) is 5.97. The minimum Gasteiger partial charge on any atom is -0.457 e. The first-order valence-electron chi connectivity index (χ1n) is 8.40. The normalized spacial score (nSPS) is 18.0. The molecule has 0 unspecified atom stereocenters. The van der Waals surface area contributed by atoms with E-state index in [0.29, 0.717) is 16.7 Å². The van der Waals surface area contributed by atoms with Crippen molar-refractivity contribution in [2.45, 2.75) is 19.8 Å². The second-order valence-corrected chi connectivity index (χ2v) is 7.01. The largest absolute Gasteiger partial charge is 0.457 e. The van der Waals surface area contributed by atoms with Gasteiger partial charge in [-0.1, -0.05) is 6.92 Å². The van der Waals surface area contributed by atoms with Crippen molar-refractivity contribution in [2.24, 2.45) is 10.1 Å². The van der Waals surface area contributed by atoms with Crippen LogP contribution >= 0.6 is 11.8 Å². The summed E-state index contributed by atoms with van der Waals surface area (Å²) in [5, 5.41) is 15.3. The zero-order valence-corrected chi connectivity index (χ0v) is 15.2. The number of hydrogen-bond donors (Lipinski definition) is 1. The summed E-state index contributed by atoms with van der Waals surface area (Å²) in [5.41, 5.74) is 0.831. The smallest absolute Gasteiger partial charge is 0.283 e. The Kier molecular flexibility index (Phi) is 4.49. The summed E-state index contributed by atoms with van der Waals surface area (Å²) in [5.74, 6) is 0.107. The number of carbonyl (C=O) groups excluding carboxylic acids is 1. The molecule has 0 aliphatic carbocycles. The standard InChI is InChI=1S/C19H15FN4O2S/c1-2-3-16-23-24-17(21)14(18(25)22-19(24)27-16)10-13-8-9-15(26-13)11-4-6-12(20)7-5-11/h4-10,21H,2-3H2,1H3/b14-10-,21-17?. The van der Waals surface area contributed by atoms with Gasteiger partial charge in [-0.25, -0.2) is 4.39 Å². The summed E-state index contributed by atoms with van der Waals surface area (Å²) >= 11 is 1.32. The monoisotopic (exact) mass is 382 g/mol. The van der Waals surface area contributed by atoms with E-state index in [1.165, 1.54) is 35.0 Å². The zero-order chi connectivity index (χ0) is 19.0. The van der Waals surface area contributed by atoms with Crippen LogP contribution in [0.25, 0.3) is 17.4 Å². The van der Waals surface area contributed by atoms with Gasteiger partial charge in [0.2, 0.25) is 5.17 Å². The summed E-state index contributed by atoms with van der Waals surface area (Å²) in [4.78, 5) is 16.4. The van der Waals surface area contributed by atoms with E-state index in [9.17, 15) is 9.18 Å². The van der Waals surface area contributed by atoms with Gasteiger partial charge in [-0.2, -0.15) is 15.1 Å². The second kappa shape index (κ2) is 6.96. The van der Waals surface area contributed by atoms with Gasteiger partial charge >= 0.3 is 0 Å². The Morgan fingerprint density at radius 1 is 1.26 bits per heavy atom. The Hall–Kier alpha value is -3.00. The molecule has 3 heterocycles. The third-order valence-electron chi connectivity index (χ3n) is 4.00. The van der Waals surface area contributed by atoms with Crippen molar-refractivity contribution in [3.05, 3.63) is 53.5 Å². The Bertz CT molecular complexity index is 1020. The minimum atomic E-state index is -0.494. The predicted octanol–water partition coefficient (Wildman–Crippen LogP) is 4.50. The maximum atomic E-state index is 13.1. The number of hydrogen-bond acceptors (Lipinski definition) is 5. The van der Waals surface area contributed by atoms with Gasteiger partial charge in [0, 0.05) is 5.56 Å². The van der Waals surface area contributed by atoms with Crippen LogP contribution in [-0.4, -0.2) is 27.0 Å². The van der Waals surface area contributed by atoms with E-state index in [-0.39, 0.29) is 17.2 Å². The molecule has 136 valence electrons. The molecule has 1 amide bonds. The number of nitrogens with zero attached hydrogens (tertiary/aromatic N) is 3. The fourth-order valence-corrected chi connectivity index (χ4v) is 3.68. The topological polar surface area (TPSA) is 82.0 Å². The zero-order valence-electron chi connectivity index (χ0n) is 14.4. The van der Waals surface area contributed by atoms with E-state index >= 15 is 0 Å². The summed E-state index contributed by atoms with van der Waals surface area (Å²) in [7, 11) is 0. The van der Waals surface area contributed by atoms with Crippen LogP contribution in [0, 0.1) is 11.2 Å². The molecule has 0 saturated carbocycles. The molecule has 0 atom stereocenters. The Labute approximate surface area is 159 Å². The molecule has 27 heavy (non-hydrogen) atoms. The number of rotatable bonds is 4. The molecule has 2 aliphatic heterocycles. The van der Waals surface area contributed by atoms with Crippen molar-refractivity contribution < 1.29 is 13.6 Å². The molecule has 1 N–H and O–H groups in total. The van der Waals surface area contributed by atoms with Gasteiger partial charge in [0.15, 0.2) is 5.84 Å². The summed E-state index contributed by atoms with van der Waals surface area (Å²) in [6.45, 7) is 2.04. The number of furan rings is 1. The molecule has 8 heteroatoms. The maximum Gasteiger partial charge on any atom is 0.283 e. The highest BCUT2D eigenvalue weighted by Crippen LogP contribution is 2.30. The molecule has 2 aromatic rings. The molecule has 0 fully saturated rings. The van der Waals surface area contributed by atoms with Gasteiger partial charge in [0.25, 0.3) is 5.91 Å². The molecular formula is C19H15FN4O2S. The third kappa shape index (κ3) is 3.35. The van der Waals surface area contributed by atoms with Crippen LogP contribution in [0.1, 0.15) is 25.5 Å². The fraction of sp³-hybridized carbons (Fsp3) is 0.158. The first-order chi connectivity index (χ1) is 13.0. The van der Waals surface area contributed by atoms with Crippen LogP contribution in [0.3, 0.4) is 0 Å². The number of carbonyl (C=O) groups is 1. The van der Waals surface area contributed by atoms with Gasteiger partial charge in [-0.3, -0.25) is 10.2 Å². The van der Waals surface area contributed by atoms with Crippen molar-refractivity contribution in [3.63, 3.8) is 0 Å². The summed E-state index contributed by atoms with van der Waals surface area (Å²) in [6, 6.07) is 9.35. The van der Waals surface area contributed by atoms with Gasteiger partial charge < -0.3 is 4.42 Å². The van der Waals surface area contributed by atoms with Crippen molar-refractivity contribution in [3.8, 4) is 11.3 Å². The molecule has 2 aliphatic rings. The first kappa shape index (κ1) is 17.4. The van der Waals surface area contributed by atoms with Crippen molar-refractivity contribution in [1.29, 1.82) is 5.41 Å². The summed E-state index contributed by atoms with van der Waals surface area (Å²) < 4.78 is 18.8. The van der Waals surface area contributed by atoms with E-state index in [4.69, 9.17) is 9.83 Å². The third-order valence-corrected chi connectivity index (χ3v) is 4.97. The van der Waals surface area contributed by atoms with E-state index < -0.39 is 5.91 Å². The molecule has 1 aromatic heterocycles. The number of halogens is 1. The Morgan fingerprint density at radius 3 is 2.78 bits per heavy atom. The highest BCUT2D eigenvalue weighted by atomic mass is 32.2. The lowest BCUT2D eigenvalue weighted by atomic mass is 10.1. The lowest BCUT2D eigenvalue weighted by molar-refractivity contribution is -0.114. The Balaban J connectivity index is 1.62. The number of aliphatic imine (C=N–C) groups is 1. The first-order valence-corrected chi connectivity index (χ1v) is 9.21. The minimum absolute atomic E-state index is 0.0247. The van der Waals surface area contributed by atoms with Crippen molar-refractivity contribution >= 4 is 39.8 Å². The quantitative estimate of drug-likeness (QED) is 0.789. The number of thioether (sulfide) groups is 1. The lowest BCUT2D eigenvalue weighted by Gasteiger charge is -2.19. The van der Waals surface area contributed by atoms with E-state index in [2.05, 4.69) is 10.1 Å². The average Bonchev–Trinajstić information content (AvgIpc) is 3.27. The van der Waals surface area contributed by atoms with Gasteiger partial charge in [0.1, 0.15) is 22.4 Å². The molecule has 0 spiro atoms. The number of nitrogens with one attached hydrogen (secondary N) is 1. The molecule has 0 radical (unpaired) electrons. The number of amidine groups is 2. The highest BCUT2D eigenvalue weighted by molar-refractivity contribution is 8.26. The van der Waals surface area contributed by atoms with Crippen molar-refractivity contribution in [1.82, 2.24) is 5.01 Å². The number of benzene rings is 1. The predicted molar refractivity (Wildman–Crippen MR) is 104 cm³/mol. The molecule has 6 nitrogen and oxygen atoms in total. The van der Waals surface area contributed by atoms with Crippen LogP contribution in [0.4, 0.5) is 4.39 Å². The Morgan fingerprint density at radius 2 is 2.04 bits per heavy atom. The lowest BCUT2D eigenvalue weighted by Crippen LogP contribution is -2.35.